The van der Waals surface area contributed by atoms with Crippen molar-refractivity contribution in [2.75, 3.05) is 26.2 Å². The Labute approximate surface area is 108 Å². The Morgan fingerprint density at radius 2 is 2.39 bits per heavy atom. The molecule has 1 aromatic heterocycles. The Morgan fingerprint density at radius 3 is 3.11 bits per heavy atom. The second kappa shape index (κ2) is 6.54. The highest BCUT2D eigenvalue weighted by Gasteiger charge is 2.26. The van der Waals surface area contributed by atoms with E-state index in [9.17, 15) is 4.79 Å². The van der Waals surface area contributed by atoms with Crippen molar-refractivity contribution in [2.24, 2.45) is 5.92 Å². The van der Waals surface area contributed by atoms with Crippen LogP contribution in [0.4, 0.5) is 0 Å². The highest BCUT2D eigenvalue weighted by Crippen LogP contribution is 2.17. The summed E-state index contributed by atoms with van der Waals surface area (Å²) in [4.78, 5) is 14.0. The molecule has 1 aromatic rings. The summed E-state index contributed by atoms with van der Waals surface area (Å²) >= 11 is 0. The smallest absolute Gasteiger partial charge is 0.310 e. The molecule has 1 aliphatic rings. The van der Waals surface area contributed by atoms with Crippen LogP contribution in [0.25, 0.3) is 0 Å². The summed E-state index contributed by atoms with van der Waals surface area (Å²) in [5.41, 5.74) is 0. The minimum atomic E-state index is -0.0405. The fraction of sp³-hybridized carbons (Fsp3) is 0.692. The van der Waals surface area contributed by atoms with E-state index in [0.717, 1.165) is 39.0 Å². The summed E-state index contributed by atoms with van der Waals surface area (Å²) in [6.07, 6.45) is 5.78. The third-order valence-corrected chi connectivity index (χ3v) is 3.33. The van der Waals surface area contributed by atoms with Crippen molar-refractivity contribution in [1.82, 2.24) is 14.7 Å². The molecule has 18 heavy (non-hydrogen) atoms. The van der Waals surface area contributed by atoms with E-state index in [-0.39, 0.29) is 11.9 Å². The molecular formula is C13H21N3O2. The number of carbonyl (C=O) groups excluding carboxylic acids is 1. The van der Waals surface area contributed by atoms with E-state index in [1.807, 2.05) is 23.9 Å². The van der Waals surface area contributed by atoms with Crippen LogP contribution in [0.3, 0.4) is 0 Å². The van der Waals surface area contributed by atoms with E-state index in [1.54, 1.807) is 6.20 Å². The molecule has 0 aromatic carbocycles. The topological polar surface area (TPSA) is 47.4 Å². The van der Waals surface area contributed by atoms with Gasteiger partial charge in [-0.3, -0.25) is 9.48 Å². The van der Waals surface area contributed by atoms with E-state index < -0.39 is 0 Å². The maximum Gasteiger partial charge on any atom is 0.310 e. The van der Waals surface area contributed by atoms with Gasteiger partial charge in [-0.1, -0.05) is 0 Å². The SMILES string of the molecule is CCOC(=O)[C@@H]1CCCN(CCn2cccn2)C1. The summed E-state index contributed by atoms with van der Waals surface area (Å²) in [6, 6.07) is 1.93. The zero-order valence-corrected chi connectivity index (χ0v) is 10.9. The zero-order valence-electron chi connectivity index (χ0n) is 10.9. The Morgan fingerprint density at radius 1 is 1.50 bits per heavy atom. The Balaban J connectivity index is 1.77. The molecule has 0 saturated carbocycles. The summed E-state index contributed by atoms with van der Waals surface area (Å²) < 4.78 is 7.02. The predicted octanol–water partition coefficient (Wildman–Crippen LogP) is 1.16. The highest BCUT2D eigenvalue weighted by molar-refractivity contribution is 5.72. The van der Waals surface area contributed by atoms with Crippen molar-refractivity contribution in [3.8, 4) is 0 Å². The molecular weight excluding hydrogens is 230 g/mol. The van der Waals surface area contributed by atoms with E-state index in [2.05, 4.69) is 10.00 Å². The minimum Gasteiger partial charge on any atom is -0.466 e. The van der Waals surface area contributed by atoms with E-state index in [0.29, 0.717) is 6.61 Å². The lowest BCUT2D eigenvalue weighted by molar-refractivity contribution is -0.149. The molecule has 1 saturated heterocycles. The Bertz CT molecular complexity index is 364. The van der Waals surface area contributed by atoms with Crippen LogP contribution in [-0.4, -0.2) is 46.9 Å². The van der Waals surface area contributed by atoms with Gasteiger partial charge < -0.3 is 9.64 Å². The van der Waals surface area contributed by atoms with Gasteiger partial charge in [-0.25, -0.2) is 0 Å². The third-order valence-electron chi connectivity index (χ3n) is 3.33. The van der Waals surface area contributed by atoms with Crippen LogP contribution >= 0.6 is 0 Å². The van der Waals surface area contributed by atoms with Crippen LogP contribution in [0.5, 0.6) is 0 Å². The number of hydrogen-bond acceptors (Lipinski definition) is 4. The summed E-state index contributed by atoms with van der Waals surface area (Å²) in [5.74, 6) is 0.0117. The molecule has 100 valence electrons. The number of rotatable bonds is 5. The van der Waals surface area contributed by atoms with Crippen LogP contribution in [0.15, 0.2) is 18.5 Å². The second-order valence-corrected chi connectivity index (χ2v) is 4.66. The standard InChI is InChI=1S/C13H21N3O2/c1-2-18-13(17)12-5-3-7-15(11-12)9-10-16-8-4-6-14-16/h4,6,8,12H,2-3,5,7,9-11H2,1H3/t12-/m1/s1. The third kappa shape index (κ3) is 3.57. The fourth-order valence-electron chi connectivity index (χ4n) is 2.39. The number of esters is 1. The number of aromatic nitrogens is 2. The molecule has 1 fully saturated rings. The number of carbonyl (C=O) groups is 1. The monoisotopic (exact) mass is 251 g/mol. The van der Waals surface area contributed by atoms with Crippen molar-refractivity contribution in [2.45, 2.75) is 26.3 Å². The van der Waals surface area contributed by atoms with Gasteiger partial charge in [0.05, 0.1) is 19.1 Å². The molecule has 2 rings (SSSR count). The molecule has 1 aliphatic heterocycles. The Kier molecular flexibility index (Phi) is 4.75. The lowest BCUT2D eigenvalue weighted by Crippen LogP contribution is -2.40. The summed E-state index contributed by atoms with van der Waals surface area (Å²) in [7, 11) is 0. The molecule has 5 heteroatoms. The molecule has 0 bridgehead atoms. The van der Waals surface area contributed by atoms with E-state index in [4.69, 9.17) is 4.74 Å². The van der Waals surface area contributed by atoms with Gasteiger partial charge in [-0.15, -0.1) is 0 Å². The number of piperidine rings is 1. The molecule has 1 atom stereocenters. The van der Waals surface area contributed by atoms with Crippen molar-refractivity contribution in [3.05, 3.63) is 18.5 Å². The van der Waals surface area contributed by atoms with Crippen LogP contribution in [-0.2, 0) is 16.1 Å². The van der Waals surface area contributed by atoms with Crippen molar-refractivity contribution in [1.29, 1.82) is 0 Å². The average molecular weight is 251 g/mol. The molecule has 0 N–H and O–H groups in total. The van der Waals surface area contributed by atoms with Crippen LogP contribution in [0.1, 0.15) is 19.8 Å². The van der Waals surface area contributed by atoms with Gasteiger partial charge in [0.25, 0.3) is 0 Å². The normalized spacial score (nSPS) is 20.8. The van der Waals surface area contributed by atoms with Gasteiger partial charge in [0, 0.05) is 25.5 Å². The number of ether oxygens (including phenoxy) is 1. The van der Waals surface area contributed by atoms with Crippen molar-refractivity contribution >= 4 is 5.97 Å². The second-order valence-electron chi connectivity index (χ2n) is 4.66. The molecule has 2 heterocycles. The van der Waals surface area contributed by atoms with Gasteiger partial charge >= 0.3 is 5.97 Å². The van der Waals surface area contributed by atoms with E-state index >= 15 is 0 Å². The first-order chi connectivity index (χ1) is 8.79. The summed E-state index contributed by atoms with van der Waals surface area (Å²) in [5, 5.41) is 4.18. The lowest BCUT2D eigenvalue weighted by atomic mass is 9.98. The van der Waals surface area contributed by atoms with Crippen LogP contribution in [0.2, 0.25) is 0 Å². The van der Waals surface area contributed by atoms with Crippen molar-refractivity contribution < 1.29 is 9.53 Å². The quantitative estimate of drug-likeness (QED) is 0.737. The maximum absolute atomic E-state index is 11.7. The van der Waals surface area contributed by atoms with Gasteiger partial charge in [0.2, 0.25) is 0 Å². The molecule has 5 nitrogen and oxygen atoms in total. The van der Waals surface area contributed by atoms with E-state index in [1.165, 1.54) is 0 Å². The van der Waals surface area contributed by atoms with Crippen LogP contribution in [0, 0.1) is 5.92 Å². The molecule has 0 amide bonds. The van der Waals surface area contributed by atoms with Crippen LogP contribution < -0.4 is 0 Å². The molecule has 0 aliphatic carbocycles. The first-order valence-corrected chi connectivity index (χ1v) is 6.66. The predicted molar refractivity (Wildman–Crippen MR) is 68.0 cm³/mol. The first-order valence-electron chi connectivity index (χ1n) is 6.66. The van der Waals surface area contributed by atoms with Gasteiger partial charge in [-0.2, -0.15) is 5.10 Å². The molecule has 0 spiro atoms. The fourth-order valence-corrected chi connectivity index (χ4v) is 2.39. The highest BCUT2D eigenvalue weighted by atomic mass is 16.5. The van der Waals surface area contributed by atoms with Gasteiger partial charge in [0.15, 0.2) is 0 Å². The maximum atomic E-state index is 11.7. The molecule has 0 radical (unpaired) electrons. The number of nitrogens with zero attached hydrogens (tertiary/aromatic N) is 3. The average Bonchev–Trinajstić information content (AvgIpc) is 2.90. The summed E-state index contributed by atoms with van der Waals surface area (Å²) in [6.45, 7) is 6.04. The number of hydrogen-bond donors (Lipinski definition) is 0. The first kappa shape index (κ1) is 13.1. The van der Waals surface area contributed by atoms with Crippen molar-refractivity contribution in [3.63, 3.8) is 0 Å². The molecule has 0 unspecified atom stereocenters. The largest absolute Gasteiger partial charge is 0.466 e. The Hall–Kier alpha value is -1.36. The minimum absolute atomic E-state index is 0.0405. The zero-order chi connectivity index (χ0) is 12.8. The van der Waals surface area contributed by atoms with Gasteiger partial charge in [0.1, 0.15) is 0 Å². The lowest BCUT2D eigenvalue weighted by Gasteiger charge is -2.31. The number of likely N-dealkylation sites (tertiary alicyclic amines) is 1. The van der Waals surface area contributed by atoms with Gasteiger partial charge in [-0.05, 0) is 32.4 Å².